The fraction of sp³-hybridized carbons (Fsp3) is 0. The number of hydrogen-bond donors (Lipinski definition) is 1. The Morgan fingerprint density at radius 3 is 2.32 bits per heavy atom. The summed E-state index contributed by atoms with van der Waals surface area (Å²) in [5.74, 6) is 0.473. The zero-order valence-corrected chi connectivity index (χ0v) is 14.0. The van der Waals surface area contributed by atoms with Crippen molar-refractivity contribution in [3.05, 3.63) is 83.9 Å². The molecule has 5 heteroatoms. The van der Waals surface area contributed by atoms with E-state index in [2.05, 4.69) is 10.3 Å². The van der Waals surface area contributed by atoms with E-state index in [1.165, 1.54) is 11.3 Å². The van der Waals surface area contributed by atoms with Crippen molar-refractivity contribution >= 4 is 22.9 Å². The Hall–Kier alpha value is -3.18. The molecule has 2 heterocycles. The van der Waals surface area contributed by atoms with E-state index in [9.17, 15) is 4.79 Å². The molecule has 0 fully saturated rings. The van der Waals surface area contributed by atoms with Crippen LogP contribution in [0.3, 0.4) is 0 Å². The molecule has 0 spiro atoms. The molecular weight excluding hydrogens is 332 g/mol. The van der Waals surface area contributed by atoms with Gasteiger partial charge in [0.1, 0.15) is 4.88 Å². The van der Waals surface area contributed by atoms with Crippen LogP contribution in [0.15, 0.2) is 83.5 Å². The Morgan fingerprint density at radius 2 is 1.64 bits per heavy atom. The summed E-state index contributed by atoms with van der Waals surface area (Å²) in [4.78, 5) is 18.0. The molecule has 4 rings (SSSR count). The molecule has 2 aromatic carbocycles. The summed E-state index contributed by atoms with van der Waals surface area (Å²) in [6.07, 6.45) is 1.60. The summed E-state index contributed by atoms with van der Waals surface area (Å²) >= 11 is 1.32. The fourth-order valence-electron chi connectivity index (χ4n) is 2.48. The Morgan fingerprint density at radius 1 is 0.920 bits per heavy atom. The Bertz CT molecular complexity index is 977. The monoisotopic (exact) mass is 346 g/mol. The number of rotatable bonds is 4. The van der Waals surface area contributed by atoms with Crippen LogP contribution in [0.25, 0.3) is 22.0 Å². The van der Waals surface area contributed by atoms with Crippen LogP contribution in [0.1, 0.15) is 9.67 Å². The quantitative estimate of drug-likeness (QED) is 0.544. The minimum absolute atomic E-state index is 0.180. The number of nitrogens with one attached hydrogen (secondary N) is 1. The van der Waals surface area contributed by atoms with Gasteiger partial charge in [0.15, 0.2) is 10.8 Å². The summed E-state index contributed by atoms with van der Waals surface area (Å²) in [5.41, 5.74) is 2.31. The molecule has 0 unspecified atom stereocenters. The van der Waals surface area contributed by atoms with Gasteiger partial charge in [-0.25, -0.2) is 4.98 Å². The molecule has 0 aliphatic rings. The van der Waals surface area contributed by atoms with Gasteiger partial charge in [0.25, 0.3) is 5.91 Å². The number of anilines is 1. The van der Waals surface area contributed by atoms with Crippen molar-refractivity contribution in [2.75, 3.05) is 5.32 Å². The molecule has 0 atom stereocenters. The van der Waals surface area contributed by atoms with Gasteiger partial charge < -0.3 is 9.73 Å². The van der Waals surface area contributed by atoms with Crippen LogP contribution < -0.4 is 5.32 Å². The lowest BCUT2D eigenvalue weighted by molar-refractivity contribution is 0.103. The maximum absolute atomic E-state index is 12.8. The van der Waals surface area contributed by atoms with Crippen molar-refractivity contribution in [2.45, 2.75) is 0 Å². The number of amides is 1. The normalized spacial score (nSPS) is 10.6. The number of furan rings is 1. The fourth-order valence-corrected chi connectivity index (χ4v) is 3.43. The van der Waals surface area contributed by atoms with Gasteiger partial charge >= 0.3 is 0 Å². The zero-order valence-electron chi connectivity index (χ0n) is 13.2. The van der Waals surface area contributed by atoms with Gasteiger partial charge in [-0.3, -0.25) is 4.79 Å². The summed E-state index contributed by atoms with van der Waals surface area (Å²) in [5, 5.41) is 3.61. The number of hydrogen-bond acceptors (Lipinski definition) is 4. The molecule has 0 aliphatic heterocycles. The van der Waals surface area contributed by atoms with Gasteiger partial charge in [-0.2, -0.15) is 0 Å². The summed E-state index contributed by atoms with van der Waals surface area (Å²) in [7, 11) is 0. The molecule has 122 valence electrons. The summed E-state index contributed by atoms with van der Waals surface area (Å²) in [6.45, 7) is 0. The summed E-state index contributed by atoms with van der Waals surface area (Å²) < 4.78 is 5.44. The van der Waals surface area contributed by atoms with Crippen LogP contribution >= 0.6 is 11.3 Å². The Labute approximate surface area is 148 Å². The number of carbonyl (C=O) groups excluding carboxylic acids is 1. The van der Waals surface area contributed by atoms with Gasteiger partial charge in [-0.15, -0.1) is 11.3 Å². The van der Waals surface area contributed by atoms with Crippen LogP contribution in [-0.4, -0.2) is 10.9 Å². The molecular formula is C20H14N2O2S. The second kappa shape index (κ2) is 6.75. The third kappa shape index (κ3) is 3.22. The lowest BCUT2D eigenvalue weighted by Crippen LogP contribution is -2.11. The maximum Gasteiger partial charge on any atom is 0.268 e. The largest absolute Gasteiger partial charge is 0.462 e. The van der Waals surface area contributed by atoms with E-state index in [0.29, 0.717) is 21.3 Å². The number of carbonyl (C=O) groups is 1. The highest BCUT2D eigenvalue weighted by Gasteiger charge is 2.21. The molecule has 1 amide bonds. The Kier molecular flexibility index (Phi) is 4.14. The second-order valence-electron chi connectivity index (χ2n) is 5.36. The maximum atomic E-state index is 12.8. The minimum atomic E-state index is -0.180. The molecule has 0 saturated carbocycles. The van der Waals surface area contributed by atoms with E-state index in [1.807, 2.05) is 72.8 Å². The molecule has 0 radical (unpaired) electrons. The van der Waals surface area contributed by atoms with E-state index in [4.69, 9.17) is 4.42 Å². The van der Waals surface area contributed by atoms with Crippen LogP contribution in [0, 0.1) is 0 Å². The SMILES string of the molecule is O=C(Nc1ccccc1)c1sc(-c2ccco2)nc1-c1ccccc1. The van der Waals surface area contributed by atoms with Crippen LogP contribution in [-0.2, 0) is 0 Å². The number of aromatic nitrogens is 1. The first-order valence-corrected chi connectivity index (χ1v) is 8.59. The van der Waals surface area contributed by atoms with Crippen LogP contribution in [0.2, 0.25) is 0 Å². The van der Waals surface area contributed by atoms with Gasteiger partial charge in [0.2, 0.25) is 0 Å². The third-order valence-electron chi connectivity index (χ3n) is 3.64. The lowest BCUT2D eigenvalue weighted by atomic mass is 10.1. The van der Waals surface area contributed by atoms with Crippen LogP contribution in [0.5, 0.6) is 0 Å². The first-order valence-electron chi connectivity index (χ1n) is 7.78. The van der Waals surface area contributed by atoms with Crippen molar-refractivity contribution in [1.82, 2.24) is 4.98 Å². The molecule has 2 aromatic heterocycles. The first-order chi connectivity index (χ1) is 12.3. The zero-order chi connectivity index (χ0) is 17.1. The lowest BCUT2D eigenvalue weighted by Gasteiger charge is -2.05. The first kappa shape index (κ1) is 15.4. The standard InChI is InChI=1S/C20H14N2O2S/c23-19(21-15-10-5-2-6-11-15)18-17(14-8-3-1-4-9-14)22-20(25-18)16-12-7-13-24-16/h1-13H,(H,21,23). The van der Waals surface area contributed by atoms with Crippen molar-refractivity contribution < 1.29 is 9.21 Å². The van der Waals surface area contributed by atoms with Crippen LogP contribution in [0.4, 0.5) is 5.69 Å². The van der Waals surface area contributed by atoms with Crippen molar-refractivity contribution in [2.24, 2.45) is 0 Å². The highest BCUT2D eigenvalue weighted by atomic mass is 32.1. The third-order valence-corrected chi connectivity index (χ3v) is 4.71. The minimum Gasteiger partial charge on any atom is -0.462 e. The molecule has 0 aliphatic carbocycles. The molecule has 25 heavy (non-hydrogen) atoms. The topological polar surface area (TPSA) is 55.1 Å². The highest BCUT2D eigenvalue weighted by Crippen LogP contribution is 2.34. The predicted molar refractivity (Wildman–Crippen MR) is 99.6 cm³/mol. The van der Waals surface area contributed by atoms with E-state index in [-0.39, 0.29) is 5.91 Å². The van der Waals surface area contributed by atoms with Crippen molar-refractivity contribution in [1.29, 1.82) is 0 Å². The molecule has 1 N–H and O–H groups in total. The summed E-state index contributed by atoms with van der Waals surface area (Å²) in [6, 6.07) is 22.7. The second-order valence-corrected chi connectivity index (χ2v) is 6.36. The van der Waals surface area contributed by atoms with Crippen molar-refractivity contribution in [3.63, 3.8) is 0 Å². The molecule has 4 nitrogen and oxygen atoms in total. The van der Waals surface area contributed by atoms with Crippen molar-refractivity contribution in [3.8, 4) is 22.0 Å². The number of para-hydroxylation sites is 1. The Balaban J connectivity index is 1.76. The van der Waals surface area contributed by atoms with Gasteiger partial charge in [-0.05, 0) is 24.3 Å². The van der Waals surface area contributed by atoms with Gasteiger partial charge in [0.05, 0.1) is 12.0 Å². The average Bonchev–Trinajstić information content (AvgIpc) is 3.33. The molecule has 4 aromatic rings. The van der Waals surface area contributed by atoms with E-state index >= 15 is 0 Å². The van der Waals surface area contributed by atoms with E-state index in [1.54, 1.807) is 6.26 Å². The number of benzene rings is 2. The van der Waals surface area contributed by atoms with Gasteiger partial charge in [-0.1, -0.05) is 48.5 Å². The highest BCUT2D eigenvalue weighted by molar-refractivity contribution is 7.17. The van der Waals surface area contributed by atoms with Gasteiger partial charge in [0, 0.05) is 11.3 Å². The average molecular weight is 346 g/mol. The molecule has 0 saturated heterocycles. The van der Waals surface area contributed by atoms with E-state index in [0.717, 1.165) is 11.3 Å². The smallest absolute Gasteiger partial charge is 0.268 e. The predicted octanol–water partition coefficient (Wildman–Crippen LogP) is 5.32. The number of thiazole rings is 1. The van der Waals surface area contributed by atoms with E-state index < -0.39 is 0 Å². The molecule has 0 bridgehead atoms. The number of nitrogens with zero attached hydrogens (tertiary/aromatic N) is 1.